The number of carbonyl (C=O) groups is 1. The van der Waals surface area contributed by atoms with Crippen LogP contribution in [0.1, 0.15) is 25.2 Å². The van der Waals surface area contributed by atoms with E-state index < -0.39 is 0 Å². The van der Waals surface area contributed by atoms with Crippen molar-refractivity contribution in [2.75, 3.05) is 24.2 Å². The molecule has 0 radical (unpaired) electrons. The number of amides is 1. The molecule has 3 N–H and O–H groups in total. The van der Waals surface area contributed by atoms with Crippen molar-refractivity contribution in [2.45, 2.75) is 33.7 Å². The van der Waals surface area contributed by atoms with Crippen molar-refractivity contribution in [2.24, 2.45) is 0 Å². The van der Waals surface area contributed by atoms with Gasteiger partial charge in [-0.15, -0.1) is 0 Å². The lowest BCUT2D eigenvalue weighted by Gasteiger charge is -2.17. The van der Waals surface area contributed by atoms with E-state index in [9.17, 15) is 4.79 Å². The molecule has 0 aliphatic rings. The summed E-state index contributed by atoms with van der Waals surface area (Å²) in [7, 11) is 1.61. The smallest absolute Gasteiger partial charge is 0.241 e. The lowest BCUT2D eigenvalue weighted by molar-refractivity contribution is -0.121. The van der Waals surface area contributed by atoms with Crippen LogP contribution >= 0.6 is 0 Å². The number of nitrogens with zero attached hydrogens (tertiary/aromatic N) is 2. The van der Waals surface area contributed by atoms with Crippen LogP contribution in [0.5, 0.6) is 0 Å². The molecule has 0 spiro atoms. The van der Waals surface area contributed by atoms with E-state index in [4.69, 9.17) is 0 Å². The minimum absolute atomic E-state index is 0.0735. The second-order valence-electron chi connectivity index (χ2n) is 4.10. The van der Waals surface area contributed by atoms with Crippen molar-refractivity contribution in [3.63, 3.8) is 0 Å². The Kier molecular flexibility index (Phi) is 4.88. The highest BCUT2D eigenvalue weighted by Gasteiger charge is 2.15. The Labute approximate surface area is 108 Å². The molecule has 0 saturated carbocycles. The second kappa shape index (κ2) is 6.18. The van der Waals surface area contributed by atoms with Gasteiger partial charge in [0.2, 0.25) is 5.91 Å². The van der Waals surface area contributed by atoms with Crippen molar-refractivity contribution in [1.82, 2.24) is 15.3 Å². The molecule has 1 heterocycles. The number of rotatable bonds is 5. The molecule has 0 saturated heterocycles. The largest absolute Gasteiger partial charge is 0.370 e. The van der Waals surface area contributed by atoms with Gasteiger partial charge in [0.1, 0.15) is 23.5 Å². The number of carbonyl (C=O) groups excluding carboxylic acids is 1. The van der Waals surface area contributed by atoms with E-state index >= 15 is 0 Å². The summed E-state index contributed by atoms with van der Waals surface area (Å²) in [6.45, 7) is 8.36. The first-order valence-electron chi connectivity index (χ1n) is 6.06. The van der Waals surface area contributed by atoms with Gasteiger partial charge in [-0.25, -0.2) is 9.97 Å². The highest BCUT2D eigenvalue weighted by atomic mass is 16.2. The summed E-state index contributed by atoms with van der Waals surface area (Å²) >= 11 is 0. The number of aromatic nitrogens is 2. The maximum atomic E-state index is 11.5. The van der Waals surface area contributed by atoms with Gasteiger partial charge in [-0.05, 0) is 27.7 Å². The average molecular weight is 251 g/mol. The fraction of sp³-hybridized carbons (Fsp3) is 0.583. The Balaban J connectivity index is 2.98. The number of aryl methyl sites for hydroxylation is 1. The first-order valence-corrected chi connectivity index (χ1v) is 6.06. The quantitative estimate of drug-likeness (QED) is 0.729. The van der Waals surface area contributed by atoms with Crippen LogP contribution < -0.4 is 16.0 Å². The van der Waals surface area contributed by atoms with Crippen LogP contribution in [0.3, 0.4) is 0 Å². The number of likely N-dealkylation sites (N-methyl/N-ethyl adjacent to an activating group) is 1. The van der Waals surface area contributed by atoms with Crippen LogP contribution in [-0.2, 0) is 4.79 Å². The maximum Gasteiger partial charge on any atom is 0.241 e. The molecule has 1 aromatic rings. The molecule has 0 bridgehead atoms. The topological polar surface area (TPSA) is 78.9 Å². The van der Waals surface area contributed by atoms with E-state index in [0.717, 1.165) is 17.9 Å². The van der Waals surface area contributed by atoms with E-state index in [2.05, 4.69) is 25.9 Å². The van der Waals surface area contributed by atoms with Crippen LogP contribution in [-0.4, -0.2) is 35.5 Å². The number of anilines is 2. The Bertz CT molecular complexity index is 433. The average Bonchev–Trinajstić information content (AvgIpc) is 2.34. The van der Waals surface area contributed by atoms with Gasteiger partial charge in [0.25, 0.3) is 0 Å². The highest BCUT2D eigenvalue weighted by Crippen LogP contribution is 2.20. The van der Waals surface area contributed by atoms with Crippen molar-refractivity contribution < 1.29 is 4.79 Å². The SMILES string of the molecule is CCNc1nc(C)nc(NC(C)C(=O)NC)c1C. The molecule has 0 aliphatic heterocycles. The van der Waals surface area contributed by atoms with Crippen LogP contribution in [0.4, 0.5) is 11.6 Å². The molecular formula is C12H21N5O. The van der Waals surface area contributed by atoms with Crippen molar-refractivity contribution >= 4 is 17.5 Å². The summed E-state index contributed by atoms with van der Waals surface area (Å²) in [5, 5.41) is 8.88. The monoisotopic (exact) mass is 251 g/mol. The van der Waals surface area contributed by atoms with E-state index in [1.807, 2.05) is 20.8 Å². The van der Waals surface area contributed by atoms with Crippen molar-refractivity contribution in [1.29, 1.82) is 0 Å². The predicted octanol–water partition coefficient (Wildman–Crippen LogP) is 1.07. The van der Waals surface area contributed by atoms with Crippen LogP contribution in [0.25, 0.3) is 0 Å². The number of nitrogens with one attached hydrogen (secondary N) is 3. The normalized spacial score (nSPS) is 11.8. The van der Waals surface area contributed by atoms with E-state index in [-0.39, 0.29) is 11.9 Å². The summed E-state index contributed by atoms with van der Waals surface area (Å²) in [6.07, 6.45) is 0. The molecule has 1 amide bonds. The summed E-state index contributed by atoms with van der Waals surface area (Å²) in [5.41, 5.74) is 0.915. The molecule has 1 atom stereocenters. The first-order chi connectivity index (χ1) is 8.49. The molecule has 6 nitrogen and oxygen atoms in total. The van der Waals surface area contributed by atoms with Gasteiger partial charge in [-0.2, -0.15) is 0 Å². The third kappa shape index (κ3) is 3.32. The van der Waals surface area contributed by atoms with Crippen LogP contribution in [0, 0.1) is 13.8 Å². The number of hydrogen-bond acceptors (Lipinski definition) is 5. The molecule has 6 heteroatoms. The van der Waals surface area contributed by atoms with Gasteiger partial charge in [-0.1, -0.05) is 0 Å². The summed E-state index contributed by atoms with van der Waals surface area (Å²) < 4.78 is 0. The van der Waals surface area contributed by atoms with Gasteiger partial charge >= 0.3 is 0 Å². The molecule has 0 aliphatic carbocycles. The zero-order valence-corrected chi connectivity index (χ0v) is 11.6. The van der Waals surface area contributed by atoms with Gasteiger partial charge in [-0.3, -0.25) is 4.79 Å². The molecule has 1 rings (SSSR count). The zero-order valence-electron chi connectivity index (χ0n) is 11.6. The van der Waals surface area contributed by atoms with Gasteiger partial charge in [0.15, 0.2) is 0 Å². The minimum atomic E-state index is -0.336. The molecule has 18 heavy (non-hydrogen) atoms. The Morgan fingerprint density at radius 2 is 1.89 bits per heavy atom. The van der Waals surface area contributed by atoms with E-state index in [0.29, 0.717) is 11.6 Å². The van der Waals surface area contributed by atoms with Crippen molar-refractivity contribution in [3.05, 3.63) is 11.4 Å². The highest BCUT2D eigenvalue weighted by molar-refractivity contribution is 5.84. The number of hydrogen-bond donors (Lipinski definition) is 3. The van der Waals surface area contributed by atoms with Gasteiger partial charge in [0, 0.05) is 19.2 Å². The molecular weight excluding hydrogens is 230 g/mol. The molecule has 0 fully saturated rings. The van der Waals surface area contributed by atoms with Crippen LogP contribution in [0.15, 0.2) is 0 Å². The summed E-state index contributed by atoms with van der Waals surface area (Å²) in [6, 6.07) is -0.336. The molecule has 0 aromatic carbocycles. The van der Waals surface area contributed by atoms with E-state index in [1.54, 1.807) is 14.0 Å². The maximum absolute atomic E-state index is 11.5. The van der Waals surface area contributed by atoms with Crippen molar-refractivity contribution in [3.8, 4) is 0 Å². The summed E-state index contributed by atoms with van der Waals surface area (Å²) in [4.78, 5) is 20.2. The Hall–Kier alpha value is -1.85. The van der Waals surface area contributed by atoms with Gasteiger partial charge in [0.05, 0.1) is 0 Å². The third-order valence-electron chi connectivity index (χ3n) is 2.59. The third-order valence-corrected chi connectivity index (χ3v) is 2.59. The first kappa shape index (κ1) is 14.2. The second-order valence-corrected chi connectivity index (χ2v) is 4.10. The lowest BCUT2D eigenvalue weighted by atomic mass is 10.2. The molecule has 1 unspecified atom stereocenters. The Morgan fingerprint density at radius 1 is 1.28 bits per heavy atom. The van der Waals surface area contributed by atoms with Crippen LogP contribution in [0.2, 0.25) is 0 Å². The Morgan fingerprint density at radius 3 is 2.44 bits per heavy atom. The molecule has 100 valence electrons. The minimum Gasteiger partial charge on any atom is -0.370 e. The fourth-order valence-electron chi connectivity index (χ4n) is 1.60. The van der Waals surface area contributed by atoms with Gasteiger partial charge < -0.3 is 16.0 Å². The predicted molar refractivity (Wildman–Crippen MR) is 72.8 cm³/mol. The van der Waals surface area contributed by atoms with E-state index in [1.165, 1.54) is 0 Å². The summed E-state index contributed by atoms with van der Waals surface area (Å²) in [5.74, 6) is 2.09. The standard InChI is InChI=1S/C12H21N5O/c1-6-14-10-7(2)11(17-9(4)16-10)15-8(3)12(18)13-5/h8H,6H2,1-5H3,(H,13,18)(H2,14,15,16,17). The fourth-order valence-corrected chi connectivity index (χ4v) is 1.60. The molecule has 1 aromatic heterocycles. The zero-order chi connectivity index (χ0) is 13.7. The lowest BCUT2D eigenvalue weighted by Crippen LogP contribution is -2.35.